The number of aliphatic hydroxyl groups is 2. The van der Waals surface area contributed by atoms with E-state index >= 15 is 0 Å². The van der Waals surface area contributed by atoms with E-state index in [-0.39, 0.29) is 24.6 Å². The molecule has 0 radical (unpaired) electrons. The number of rotatable bonds is 6. The van der Waals surface area contributed by atoms with Gasteiger partial charge in [0.25, 0.3) is 0 Å². The summed E-state index contributed by atoms with van der Waals surface area (Å²) < 4.78 is 6.75. The molecule has 105 heavy (non-hydrogen) atoms. The first-order valence-corrected chi connectivity index (χ1v) is 38.5. The maximum atomic E-state index is 12.2. The largest absolute Gasteiger partial charge is 1.00 e. The molecule has 508 valence electrons. The third-order valence-corrected chi connectivity index (χ3v) is 21.2. The Morgan fingerprint density at radius 3 is 0.838 bits per heavy atom. The first-order valence-electron chi connectivity index (χ1n) is 32.9. The van der Waals surface area contributed by atoms with Crippen LogP contribution in [0.5, 0.6) is 0 Å². The van der Waals surface area contributed by atoms with E-state index in [1.807, 2.05) is 273 Å². The summed E-state index contributed by atoms with van der Waals surface area (Å²) in [5, 5.41) is 24.0. The van der Waals surface area contributed by atoms with Crippen LogP contribution >= 0.6 is 112 Å². The number of carbonyl (C=O) groups excluding carboxylic acids is 1. The van der Waals surface area contributed by atoms with Crippen molar-refractivity contribution in [3.8, 4) is 78.4 Å². The molecule has 0 fully saturated rings. The Kier molecular flexibility index (Phi) is 25.3. The van der Waals surface area contributed by atoms with E-state index < -0.39 is 11.2 Å². The van der Waals surface area contributed by atoms with Gasteiger partial charge in [0.1, 0.15) is 11.2 Å². The topological polar surface area (TPSA) is 109 Å². The van der Waals surface area contributed by atoms with Crippen molar-refractivity contribution < 1.29 is 33.9 Å². The van der Waals surface area contributed by atoms with Crippen molar-refractivity contribution >= 4 is 117 Å². The van der Waals surface area contributed by atoms with Crippen LogP contribution in [-0.2, 0) is 11.2 Å². The van der Waals surface area contributed by atoms with Crippen LogP contribution in [0, 0.1) is 13.0 Å². The third-order valence-electron chi connectivity index (χ3n) is 17.8. The molecular formula is C90H60Br7LiN4O3. The van der Waals surface area contributed by atoms with Gasteiger partial charge in [0.15, 0.2) is 5.78 Å². The van der Waals surface area contributed by atoms with E-state index in [0.29, 0.717) is 0 Å². The number of aryl methyl sites for hydroxylation is 1. The number of benzene rings is 11. The van der Waals surface area contributed by atoms with Crippen molar-refractivity contribution in [3.05, 3.63) is 422 Å². The van der Waals surface area contributed by atoms with Crippen molar-refractivity contribution in [2.24, 2.45) is 0 Å². The summed E-state index contributed by atoms with van der Waals surface area (Å²) in [5.41, 5.74) is 20.1. The van der Waals surface area contributed by atoms with Gasteiger partial charge in [-0.05, 0) is 185 Å². The van der Waals surface area contributed by atoms with Gasteiger partial charge >= 0.3 is 18.9 Å². The second-order valence-electron chi connectivity index (χ2n) is 24.4. The van der Waals surface area contributed by atoms with Gasteiger partial charge in [-0.2, -0.15) is 30.3 Å². The number of hydrogen-bond acceptors (Lipinski definition) is 7. The number of nitrogens with zero attached hydrogens (tertiary/aromatic N) is 4. The number of carbonyl (C=O) groups is 1. The van der Waals surface area contributed by atoms with Crippen molar-refractivity contribution in [1.82, 2.24) is 19.9 Å². The van der Waals surface area contributed by atoms with Crippen LogP contribution in [0.2, 0.25) is 0 Å². The zero-order valence-corrected chi connectivity index (χ0v) is 67.6. The molecule has 15 heteroatoms. The molecule has 0 unspecified atom stereocenters. The molecule has 0 amide bonds. The summed E-state index contributed by atoms with van der Waals surface area (Å²) >= 11 is 24.4. The minimum absolute atomic E-state index is 0. The van der Waals surface area contributed by atoms with Gasteiger partial charge in [-0.25, -0.2) is 0 Å². The van der Waals surface area contributed by atoms with E-state index in [2.05, 4.69) is 181 Å². The standard InChI is InChI=1S/2C24H15Br2NO.C13H6Br2O.C11H8BrN.C11H8N.C7H8.Li/c2*25-17-8-10-19-20-11-9-18(26)14-22(20)24(28,21(19)13-17)16-6-4-15(5-7-16)23-3-1-2-12-27-23;14-7-1-3-9-10-4-2-8(15)6-12(10)13(16)11(9)5-7;12-10-6-4-9(5-7-10)11-3-1-2-8-13-11;1-2-6-10(7-3-1)11-8-4-5-9-12-11;1-7-5-3-2-4-6-7;/h2*1-14,28H;1-6H;1-8H;2-9H;2-6H,1H3;/q;;;;-1;;+1. The van der Waals surface area contributed by atoms with Crippen LogP contribution in [-0.4, -0.2) is 35.9 Å². The smallest absolute Gasteiger partial charge is 0.376 e. The van der Waals surface area contributed by atoms with E-state index in [0.717, 1.165) is 154 Å². The van der Waals surface area contributed by atoms with Crippen LogP contribution in [0.15, 0.2) is 365 Å². The predicted molar refractivity (Wildman–Crippen MR) is 446 cm³/mol. The molecule has 7 nitrogen and oxygen atoms in total. The fourth-order valence-electron chi connectivity index (χ4n) is 12.7. The molecule has 11 aromatic carbocycles. The summed E-state index contributed by atoms with van der Waals surface area (Å²) in [5.74, 6) is 0.104. The number of ketones is 1. The third kappa shape index (κ3) is 17.4. The maximum Gasteiger partial charge on any atom is 1.00 e. The van der Waals surface area contributed by atoms with E-state index in [1.54, 1.807) is 24.8 Å². The van der Waals surface area contributed by atoms with Gasteiger partial charge in [0.2, 0.25) is 0 Å². The SMILES string of the molecule is Brc1ccc(-c2ccccn2)cc1.Cc1ccccc1.O=C1c2cc(Br)ccc2-c2ccc(Br)cc21.OC1(c2ccc(-c3ccccn3)cc2)c2cc(Br)ccc2-c2ccc(Br)cc21.OC1(c2ccc(-c3ccccn3)cc2)c2cc(Br)ccc2-c2ccc(Br)cc21.[Li+].[c-]1ccc(-c2ccccn2)cc1. The molecule has 0 saturated heterocycles. The average molecular weight is 1810 g/mol. The number of fused-ring (bicyclic) bond motifs is 9. The van der Waals surface area contributed by atoms with Crippen LogP contribution in [0.25, 0.3) is 78.4 Å². The van der Waals surface area contributed by atoms with Gasteiger partial charge in [-0.15, -0.1) is 5.56 Å². The summed E-state index contributed by atoms with van der Waals surface area (Å²) in [7, 11) is 0. The zero-order valence-electron chi connectivity index (χ0n) is 56.5. The first-order chi connectivity index (χ1) is 50.5. The molecule has 0 aliphatic heterocycles. The van der Waals surface area contributed by atoms with Crippen LogP contribution in [0.3, 0.4) is 0 Å². The van der Waals surface area contributed by atoms with E-state index in [9.17, 15) is 15.0 Å². The predicted octanol–water partition coefficient (Wildman–Crippen LogP) is 22.6. The Bertz CT molecular complexity index is 5120. The molecule has 3 aliphatic carbocycles. The van der Waals surface area contributed by atoms with Gasteiger partial charge in [-0.1, -0.05) is 269 Å². The molecule has 18 rings (SSSR count). The summed E-state index contributed by atoms with van der Waals surface area (Å²) in [6.45, 7) is 2.08. The molecule has 2 N–H and O–H groups in total. The van der Waals surface area contributed by atoms with Crippen LogP contribution in [0.1, 0.15) is 54.9 Å². The minimum atomic E-state index is -1.21. The normalized spacial score (nSPS) is 12.2. The molecule has 4 heterocycles. The van der Waals surface area contributed by atoms with E-state index in [1.165, 1.54) is 5.56 Å². The van der Waals surface area contributed by atoms with Crippen molar-refractivity contribution in [2.45, 2.75) is 18.1 Å². The molecule has 3 aliphatic rings. The maximum absolute atomic E-state index is 12.2. The molecule has 0 atom stereocenters. The van der Waals surface area contributed by atoms with Crippen LogP contribution in [0.4, 0.5) is 0 Å². The summed E-state index contributed by atoms with van der Waals surface area (Å²) in [6, 6.07) is 105. The minimum Gasteiger partial charge on any atom is -0.376 e. The quantitative estimate of drug-likeness (QED) is 0.126. The second-order valence-corrected chi connectivity index (χ2v) is 30.8. The fourth-order valence-corrected chi connectivity index (χ4v) is 15.2. The molecule has 0 spiro atoms. The average Bonchev–Trinajstić information content (AvgIpc) is 1.57. The monoisotopic (exact) mass is 1800 g/mol. The molecule has 0 bridgehead atoms. The number of hydrogen-bond donors (Lipinski definition) is 2. The van der Waals surface area contributed by atoms with E-state index in [4.69, 9.17) is 0 Å². The molecule has 15 aromatic rings. The number of pyridine rings is 4. The second kappa shape index (κ2) is 34.9. The Hall–Kier alpha value is -8.43. The van der Waals surface area contributed by atoms with Crippen molar-refractivity contribution in [2.75, 3.05) is 0 Å². The summed E-state index contributed by atoms with van der Waals surface area (Å²) in [4.78, 5) is 29.5. The number of halogens is 7. The molecule has 4 aromatic heterocycles. The fraction of sp³-hybridized carbons (Fsp3) is 0.0333. The van der Waals surface area contributed by atoms with Gasteiger partial charge in [-0.3, -0.25) is 24.7 Å². The Morgan fingerprint density at radius 1 is 0.286 bits per heavy atom. The molecule has 0 saturated carbocycles. The van der Waals surface area contributed by atoms with Gasteiger partial charge < -0.3 is 10.2 Å². The van der Waals surface area contributed by atoms with Crippen molar-refractivity contribution in [3.63, 3.8) is 0 Å². The van der Waals surface area contributed by atoms with Gasteiger partial charge in [0.05, 0.1) is 17.1 Å². The first kappa shape index (κ1) is 76.2. The van der Waals surface area contributed by atoms with Crippen LogP contribution < -0.4 is 18.9 Å². The van der Waals surface area contributed by atoms with Gasteiger partial charge in [0, 0.05) is 112 Å². The van der Waals surface area contributed by atoms with Crippen molar-refractivity contribution in [1.29, 1.82) is 0 Å². The Balaban J connectivity index is 0.000000125. The summed E-state index contributed by atoms with van der Waals surface area (Å²) in [6.07, 6.45) is 7.17. The number of aromatic nitrogens is 4. The zero-order chi connectivity index (χ0) is 72.3. The Labute approximate surface area is 682 Å². The Morgan fingerprint density at radius 2 is 0.552 bits per heavy atom. The molecular weight excluding hydrogens is 1750 g/mol.